The van der Waals surface area contributed by atoms with E-state index in [9.17, 15) is 9.90 Å². The maximum absolute atomic E-state index is 12.8. The summed E-state index contributed by atoms with van der Waals surface area (Å²) >= 11 is 0. The molecule has 0 bridgehead atoms. The third-order valence-electron chi connectivity index (χ3n) is 5.16. The van der Waals surface area contributed by atoms with E-state index in [0.29, 0.717) is 29.6 Å². The van der Waals surface area contributed by atoms with Gasteiger partial charge in [0, 0.05) is 36.5 Å². The molecule has 0 aromatic carbocycles. The molecular weight excluding hydrogens is 396 g/mol. The van der Waals surface area contributed by atoms with E-state index in [4.69, 9.17) is 4.74 Å². The van der Waals surface area contributed by atoms with Crippen molar-refractivity contribution in [1.82, 2.24) is 24.8 Å². The van der Waals surface area contributed by atoms with Crippen molar-refractivity contribution in [3.8, 4) is 5.82 Å². The first-order valence-corrected chi connectivity index (χ1v) is 10.2. The maximum Gasteiger partial charge on any atom is 0.253 e. The number of aromatic nitrogens is 4. The zero-order chi connectivity index (χ0) is 21.8. The molecule has 162 valence electrons. The second-order valence-electron chi connectivity index (χ2n) is 7.62. The van der Waals surface area contributed by atoms with Crippen LogP contribution in [0.5, 0.6) is 0 Å². The monoisotopic (exact) mass is 422 g/mol. The Labute approximate surface area is 180 Å². The van der Waals surface area contributed by atoms with E-state index in [1.165, 1.54) is 0 Å². The Balaban J connectivity index is 1.50. The molecule has 1 aliphatic heterocycles. The number of aliphatic hydroxyl groups excluding tert-OH is 1. The number of hydrogen-bond donors (Lipinski definition) is 3. The van der Waals surface area contributed by atoms with Gasteiger partial charge in [-0.15, -0.1) is 0 Å². The lowest BCUT2D eigenvalue weighted by Gasteiger charge is -2.16. The second-order valence-corrected chi connectivity index (χ2v) is 7.62. The molecule has 0 aliphatic carbocycles. The quantitative estimate of drug-likeness (QED) is 0.533. The van der Waals surface area contributed by atoms with Crippen molar-refractivity contribution in [2.45, 2.75) is 32.4 Å². The van der Waals surface area contributed by atoms with E-state index in [0.717, 1.165) is 24.3 Å². The number of hydrogen-bond acceptors (Lipinski definition) is 7. The van der Waals surface area contributed by atoms with Crippen molar-refractivity contribution >= 4 is 11.9 Å². The highest BCUT2D eigenvalue weighted by molar-refractivity contribution is 5.94. The summed E-state index contributed by atoms with van der Waals surface area (Å²) in [5.74, 6) is 0.922. The van der Waals surface area contributed by atoms with E-state index >= 15 is 0 Å². The van der Waals surface area contributed by atoms with Crippen molar-refractivity contribution in [2.75, 3.05) is 25.1 Å². The first-order chi connectivity index (χ1) is 15.0. The minimum absolute atomic E-state index is 0.201. The van der Waals surface area contributed by atoms with Crippen LogP contribution in [0.2, 0.25) is 0 Å². The van der Waals surface area contributed by atoms with Crippen LogP contribution in [0.1, 0.15) is 39.8 Å². The fraction of sp³-hybridized carbons (Fsp3) is 0.364. The first kappa shape index (κ1) is 21.0. The van der Waals surface area contributed by atoms with Crippen LogP contribution in [-0.4, -0.2) is 56.4 Å². The fourth-order valence-corrected chi connectivity index (χ4v) is 3.47. The number of ether oxygens (including phenoxy) is 1. The van der Waals surface area contributed by atoms with Crippen molar-refractivity contribution in [1.29, 1.82) is 0 Å². The van der Waals surface area contributed by atoms with E-state index in [1.807, 2.05) is 26.0 Å². The predicted octanol–water partition coefficient (Wildman–Crippen LogP) is 1.94. The highest BCUT2D eigenvalue weighted by atomic mass is 16.5. The zero-order valence-electron chi connectivity index (χ0n) is 17.6. The smallest absolute Gasteiger partial charge is 0.253 e. The Morgan fingerprint density at radius 2 is 2.19 bits per heavy atom. The number of nitrogens with zero attached hydrogens (tertiary/aromatic N) is 4. The molecule has 9 heteroatoms. The number of carbonyl (C=O) groups excluding carboxylic acids is 1. The third kappa shape index (κ3) is 4.89. The van der Waals surface area contributed by atoms with Gasteiger partial charge in [-0.3, -0.25) is 9.78 Å². The van der Waals surface area contributed by atoms with Crippen LogP contribution >= 0.6 is 0 Å². The van der Waals surface area contributed by atoms with E-state index in [1.54, 1.807) is 35.3 Å². The molecule has 0 saturated carbocycles. The van der Waals surface area contributed by atoms with Crippen LogP contribution in [0.3, 0.4) is 0 Å². The lowest BCUT2D eigenvalue weighted by molar-refractivity contribution is 0.0914. The van der Waals surface area contributed by atoms with Gasteiger partial charge in [0.1, 0.15) is 5.82 Å². The molecule has 1 unspecified atom stereocenters. The average Bonchev–Trinajstić information content (AvgIpc) is 3.45. The van der Waals surface area contributed by atoms with Gasteiger partial charge in [-0.25, -0.2) is 4.98 Å². The number of pyridine rings is 1. The number of anilines is 1. The van der Waals surface area contributed by atoms with Crippen LogP contribution in [0.15, 0.2) is 42.9 Å². The second kappa shape index (κ2) is 9.23. The lowest BCUT2D eigenvalue weighted by Crippen LogP contribution is -2.31. The average molecular weight is 422 g/mol. The van der Waals surface area contributed by atoms with Gasteiger partial charge in [-0.2, -0.15) is 4.98 Å². The minimum Gasteiger partial charge on any atom is -0.394 e. The molecule has 31 heavy (non-hydrogen) atoms. The normalized spacial score (nSPS) is 16.8. The Hall–Kier alpha value is -3.30. The Morgan fingerprint density at radius 1 is 1.32 bits per heavy atom. The van der Waals surface area contributed by atoms with Crippen LogP contribution in [-0.2, 0) is 4.74 Å². The topological polar surface area (TPSA) is 114 Å². The third-order valence-corrected chi connectivity index (χ3v) is 5.16. The molecule has 0 spiro atoms. The van der Waals surface area contributed by atoms with Crippen LogP contribution in [0.4, 0.5) is 5.95 Å². The molecule has 3 aromatic rings. The van der Waals surface area contributed by atoms with Crippen LogP contribution in [0, 0.1) is 13.8 Å². The molecular formula is C22H26N6O3. The van der Waals surface area contributed by atoms with E-state index in [2.05, 4.69) is 25.6 Å². The number of aliphatic hydroxyl groups is 1. The molecule has 3 aromatic heterocycles. The summed E-state index contributed by atoms with van der Waals surface area (Å²) < 4.78 is 7.18. The minimum atomic E-state index is -0.582. The van der Waals surface area contributed by atoms with Gasteiger partial charge in [0.2, 0.25) is 5.95 Å². The molecule has 1 amide bonds. The molecule has 4 rings (SSSR count). The summed E-state index contributed by atoms with van der Waals surface area (Å²) in [5.41, 5.74) is 2.79. The van der Waals surface area contributed by atoms with Gasteiger partial charge in [-0.05, 0) is 38.5 Å². The molecule has 2 atom stereocenters. The summed E-state index contributed by atoms with van der Waals surface area (Å²) in [6.45, 7) is 4.92. The zero-order valence-corrected chi connectivity index (χ0v) is 17.6. The fourth-order valence-electron chi connectivity index (χ4n) is 3.47. The highest BCUT2D eigenvalue weighted by Gasteiger charge is 2.19. The predicted molar refractivity (Wildman–Crippen MR) is 115 cm³/mol. The molecule has 3 N–H and O–H groups in total. The van der Waals surface area contributed by atoms with Gasteiger partial charge in [0.05, 0.1) is 36.6 Å². The number of amides is 1. The Bertz CT molecular complexity index is 1060. The van der Waals surface area contributed by atoms with Crippen molar-refractivity contribution in [2.24, 2.45) is 0 Å². The van der Waals surface area contributed by atoms with Gasteiger partial charge in [0.15, 0.2) is 0 Å². The molecule has 1 aliphatic rings. The van der Waals surface area contributed by atoms with Crippen LogP contribution < -0.4 is 10.6 Å². The Morgan fingerprint density at radius 3 is 2.94 bits per heavy atom. The number of carbonyl (C=O) groups is 1. The van der Waals surface area contributed by atoms with Gasteiger partial charge >= 0.3 is 0 Å². The van der Waals surface area contributed by atoms with Crippen molar-refractivity contribution in [3.05, 3.63) is 65.4 Å². The summed E-state index contributed by atoms with van der Waals surface area (Å²) in [4.78, 5) is 26.1. The molecule has 9 nitrogen and oxygen atoms in total. The maximum atomic E-state index is 12.8. The van der Waals surface area contributed by atoms with Gasteiger partial charge in [-0.1, -0.05) is 6.07 Å². The first-order valence-electron chi connectivity index (χ1n) is 10.2. The van der Waals surface area contributed by atoms with E-state index in [-0.39, 0.29) is 18.6 Å². The van der Waals surface area contributed by atoms with Gasteiger partial charge in [0.25, 0.3) is 5.91 Å². The summed E-state index contributed by atoms with van der Waals surface area (Å²) in [6, 6.07) is 6.84. The molecule has 1 saturated heterocycles. The van der Waals surface area contributed by atoms with Crippen LogP contribution in [0.25, 0.3) is 5.82 Å². The summed E-state index contributed by atoms with van der Waals surface area (Å²) in [6.07, 6.45) is 6.17. The summed E-state index contributed by atoms with van der Waals surface area (Å²) in [5, 5.41) is 15.9. The van der Waals surface area contributed by atoms with Crippen molar-refractivity contribution in [3.63, 3.8) is 0 Å². The van der Waals surface area contributed by atoms with Crippen molar-refractivity contribution < 1.29 is 14.6 Å². The molecule has 0 radical (unpaired) electrons. The Kier molecular flexibility index (Phi) is 6.24. The molecule has 4 heterocycles. The number of aryl methyl sites for hydroxylation is 2. The number of nitrogens with one attached hydrogen (secondary N) is 2. The highest BCUT2D eigenvalue weighted by Crippen LogP contribution is 2.17. The van der Waals surface area contributed by atoms with Gasteiger partial charge < -0.3 is 25.0 Å². The largest absolute Gasteiger partial charge is 0.394 e. The number of rotatable bonds is 7. The lowest BCUT2D eigenvalue weighted by atomic mass is 10.1. The standard InChI is InChI=1S/C22H26N6O3/c1-14-10-23-22(25-17-7-9-31-13-17)27-20(14)28-8-6-16(11-28)21(30)26-19(12-29)18-5-3-4-15(2)24-18/h3-6,8,10-11,17,19,29H,7,9,12-13H2,1-2H3,(H,26,30)(H,23,25,27)/t17-,19?/m0/s1. The molecule has 1 fully saturated rings. The SMILES string of the molecule is Cc1cccc(C(CO)NC(=O)c2ccn(-c3nc(N[C@H]4CCOC4)ncc3C)c2)n1. The van der Waals surface area contributed by atoms with E-state index < -0.39 is 6.04 Å². The summed E-state index contributed by atoms with van der Waals surface area (Å²) in [7, 11) is 0.